The fourth-order valence-corrected chi connectivity index (χ4v) is 1.20. The van der Waals surface area contributed by atoms with E-state index in [1.54, 1.807) is 6.26 Å². The molecule has 1 atom stereocenters. The van der Waals surface area contributed by atoms with Crippen molar-refractivity contribution < 1.29 is 14.3 Å². The van der Waals surface area contributed by atoms with Gasteiger partial charge in [-0.2, -0.15) is 0 Å². The number of furan rings is 1. The first-order chi connectivity index (χ1) is 7.20. The number of nitrogens with one attached hydrogen (secondary N) is 1. The average Bonchev–Trinajstić information content (AvgIpc) is 2.69. The van der Waals surface area contributed by atoms with E-state index in [2.05, 4.69) is 5.32 Å². The van der Waals surface area contributed by atoms with Crippen molar-refractivity contribution in [2.45, 2.75) is 25.4 Å². The van der Waals surface area contributed by atoms with Crippen LogP contribution in [0.5, 0.6) is 0 Å². The van der Waals surface area contributed by atoms with Crippen LogP contribution in [-0.4, -0.2) is 23.7 Å². The Balaban J connectivity index is 2.00. The summed E-state index contributed by atoms with van der Waals surface area (Å²) in [4.78, 5) is 10.4. The molecule has 0 fully saturated rings. The molecule has 0 saturated carbocycles. The molecule has 1 rings (SSSR count). The molecule has 0 saturated heterocycles. The Morgan fingerprint density at radius 3 is 3.07 bits per heavy atom. The molecule has 1 unspecified atom stereocenters. The molecular weight excluding hydrogens is 196 g/mol. The van der Waals surface area contributed by atoms with Gasteiger partial charge in [0.25, 0.3) is 0 Å². The van der Waals surface area contributed by atoms with Crippen LogP contribution in [-0.2, 0) is 11.3 Å². The third-order valence-corrected chi connectivity index (χ3v) is 2.07. The minimum Gasteiger partial charge on any atom is -0.480 e. The van der Waals surface area contributed by atoms with Crippen LogP contribution in [0.15, 0.2) is 22.8 Å². The second-order valence-electron chi connectivity index (χ2n) is 3.34. The van der Waals surface area contributed by atoms with E-state index in [-0.39, 0.29) is 0 Å². The zero-order chi connectivity index (χ0) is 11.1. The highest BCUT2D eigenvalue weighted by Crippen LogP contribution is 1.99. The molecule has 0 bridgehead atoms. The smallest absolute Gasteiger partial charge is 0.320 e. The van der Waals surface area contributed by atoms with E-state index in [0.717, 1.165) is 18.7 Å². The molecule has 84 valence electrons. The van der Waals surface area contributed by atoms with Gasteiger partial charge < -0.3 is 20.6 Å². The Kier molecular flexibility index (Phi) is 4.86. The quantitative estimate of drug-likeness (QED) is 0.575. The first kappa shape index (κ1) is 11.7. The lowest BCUT2D eigenvalue weighted by molar-refractivity contribution is -0.138. The van der Waals surface area contributed by atoms with Crippen molar-refractivity contribution in [2.75, 3.05) is 6.54 Å². The molecule has 0 aromatic carbocycles. The van der Waals surface area contributed by atoms with Crippen molar-refractivity contribution in [3.63, 3.8) is 0 Å². The van der Waals surface area contributed by atoms with Crippen LogP contribution >= 0.6 is 0 Å². The van der Waals surface area contributed by atoms with Gasteiger partial charge in [-0.15, -0.1) is 0 Å². The monoisotopic (exact) mass is 212 g/mol. The number of hydrogen-bond donors (Lipinski definition) is 3. The molecule has 4 N–H and O–H groups in total. The molecule has 0 radical (unpaired) electrons. The normalized spacial score (nSPS) is 12.6. The summed E-state index contributed by atoms with van der Waals surface area (Å²) in [5, 5.41) is 11.7. The third-order valence-electron chi connectivity index (χ3n) is 2.07. The zero-order valence-corrected chi connectivity index (χ0v) is 8.48. The average molecular weight is 212 g/mol. The maximum atomic E-state index is 10.4. The first-order valence-electron chi connectivity index (χ1n) is 4.91. The van der Waals surface area contributed by atoms with E-state index in [4.69, 9.17) is 15.3 Å². The summed E-state index contributed by atoms with van der Waals surface area (Å²) < 4.78 is 5.12. The minimum atomic E-state index is -0.943. The highest BCUT2D eigenvalue weighted by molar-refractivity contribution is 5.72. The molecule has 5 nitrogen and oxygen atoms in total. The van der Waals surface area contributed by atoms with E-state index < -0.39 is 12.0 Å². The van der Waals surface area contributed by atoms with E-state index in [0.29, 0.717) is 13.0 Å². The second-order valence-corrected chi connectivity index (χ2v) is 3.34. The number of carboxylic acids is 1. The standard InChI is InChI=1S/C10H16N2O3/c11-9(10(13)14)4-1-5-12-7-8-3-2-6-15-8/h2-3,6,9,12H,1,4-5,7,11H2,(H,13,14). The van der Waals surface area contributed by atoms with Crippen LogP contribution < -0.4 is 11.1 Å². The molecule has 5 heteroatoms. The predicted octanol–water partition coefficient (Wildman–Crippen LogP) is 0.561. The lowest BCUT2D eigenvalue weighted by Crippen LogP contribution is -2.30. The van der Waals surface area contributed by atoms with Crippen LogP contribution in [0.4, 0.5) is 0 Å². The van der Waals surface area contributed by atoms with Crippen LogP contribution in [0, 0.1) is 0 Å². The van der Waals surface area contributed by atoms with Gasteiger partial charge in [0.1, 0.15) is 11.8 Å². The molecule has 0 aliphatic rings. The summed E-state index contributed by atoms with van der Waals surface area (Å²) >= 11 is 0. The highest BCUT2D eigenvalue weighted by atomic mass is 16.4. The lowest BCUT2D eigenvalue weighted by atomic mass is 10.2. The number of aliphatic carboxylic acids is 1. The number of carbonyl (C=O) groups is 1. The van der Waals surface area contributed by atoms with Crippen LogP contribution in [0.2, 0.25) is 0 Å². The topological polar surface area (TPSA) is 88.5 Å². The molecule has 15 heavy (non-hydrogen) atoms. The van der Waals surface area contributed by atoms with Gasteiger partial charge in [-0.1, -0.05) is 0 Å². The van der Waals surface area contributed by atoms with Gasteiger partial charge in [0.15, 0.2) is 0 Å². The fourth-order valence-electron chi connectivity index (χ4n) is 1.20. The predicted molar refractivity (Wildman–Crippen MR) is 55.3 cm³/mol. The molecule has 0 amide bonds. The summed E-state index contributed by atoms with van der Waals surface area (Å²) in [5.74, 6) is -0.0708. The summed E-state index contributed by atoms with van der Waals surface area (Å²) in [7, 11) is 0. The second kappa shape index (κ2) is 6.21. The summed E-state index contributed by atoms with van der Waals surface area (Å²) in [5.41, 5.74) is 5.35. The van der Waals surface area contributed by atoms with Crippen LogP contribution in [0.3, 0.4) is 0 Å². The number of nitrogens with two attached hydrogens (primary N) is 1. The summed E-state index contributed by atoms with van der Waals surface area (Å²) in [6.07, 6.45) is 2.85. The van der Waals surface area contributed by atoms with Gasteiger partial charge in [0, 0.05) is 0 Å². The fraction of sp³-hybridized carbons (Fsp3) is 0.500. The lowest BCUT2D eigenvalue weighted by Gasteiger charge is -2.06. The molecule has 1 aromatic rings. The number of carboxylic acid groups (broad SMARTS) is 1. The van der Waals surface area contributed by atoms with Crippen LogP contribution in [0.1, 0.15) is 18.6 Å². The molecular formula is C10H16N2O3. The Morgan fingerprint density at radius 1 is 1.67 bits per heavy atom. The third kappa shape index (κ3) is 4.62. The van der Waals surface area contributed by atoms with Gasteiger partial charge in [0.2, 0.25) is 0 Å². The largest absolute Gasteiger partial charge is 0.480 e. The van der Waals surface area contributed by atoms with Crippen LogP contribution in [0.25, 0.3) is 0 Å². The molecule has 1 heterocycles. The minimum absolute atomic E-state index is 0.487. The van der Waals surface area contributed by atoms with E-state index in [9.17, 15) is 4.79 Å². The van der Waals surface area contributed by atoms with Gasteiger partial charge >= 0.3 is 5.97 Å². The summed E-state index contributed by atoms with van der Waals surface area (Å²) in [6.45, 7) is 1.40. The molecule has 1 aromatic heterocycles. The summed E-state index contributed by atoms with van der Waals surface area (Å²) in [6, 6.07) is 2.96. The van der Waals surface area contributed by atoms with Crippen molar-refractivity contribution >= 4 is 5.97 Å². The van der Waals surface area contributed by atoms with Crippen molar-refractivity contribution in [2.24, 2.45) is 5.73 Å². The van der Waals surface area contributed by atoms with Gasteiger partial charge in [-0.05, 0) is 31.5 Å². The molecule has 0 aliphatic heterocycles. The molecule has 0 aliphatic carbocycles. The zero-order valence-electron chi connectivity index (χ0n) is 8.48. The van der Waals surface area contributed by atoms with Crippen molar-refractivity contribution in [3.05, 3.63) is 24.2 Å². The van der Waals surface area contributed by atoms with Crippen molar-refractivity contribution in [3.8, 4) is 0 Å². The van der Waals surface area contributed by atoms with Crippen molar-refractivity contribution in [1.29, 1.82) is 0 Å². The van der Waals surface area contributed by atoms with E-state index in [1.165, 1.54) is 0 Å². The Hall–Kier alpha value is -1.33. The Bertz CT molecular complexity index is 285. The number of hydrogen-bond acceptors (Lipinski definition) is 4. The van der Waals surface area contributed by atoms with E-state index >= 15 is 0 Å². The van der Waals surface area contributed by atoms with Crippen molar-refractivity contribution in [1.82, 2.24) is 5.32 Å². The van der Waals surface area contributed by atoms with E-state index in [1.807, 2.05) is 12.1 Å². The van der Waals surface area contributed by atoms with Gasteiger partial charge in [-0.25, -0.2) is 0 Å². The maximum absolute atomic E-state index is 10.4. The van der Waals surface area contributed by atoms with Gasteiger partial charge in [0.05, 0.1) is 12.8 Å². The van der Waals surface area contributed by atoms with Gasteiger partial charge in [-0.3, -0.25) is 4.79 Å². The first-order valence-corrected chi connectivity index (χ1v) is 4.91. The highest BCUT2D eigenvalue weighted by Gasteiger charge is 2.09. The molecule has 0 spiro atoms. The Labute approximate surface area is 88.3 Å². The maximum Gasteiger partial charge on any atom is 0.320 e. The SMILES string of the molecule is NC(CCCNCc1ccco1)C(=O)O. The number of rotatable bonds is 7. The Morgan fingerprint density at radius 2 is 2.47 bits per heavy atom.